The van der Waals surface area contributed by atoms with Crippen LogP contribution in [0, 0.1) is 18.3 Å². The summed E-state index contributed by atoms with van der Waals surface area (Å²) in [7, 11) is -4.02. The fourth-order valence-corrected chi connectivity index (χ4v) is 4.55. The molecule has 0 aliphatic carbocycles. The van der Waals surface area contributed by atoms with Gasteiger partial charge in [0.1, 0.15) is 17.5 Å². The molecule has 2 aliphatic rings. The molecule has 2 saturated heterocycles. The molecule has 3 atom stereocenters. The number of hydrogen-bond donors (Lipinski definition) is 2. The fourth-order valence-electron chi connectivity index (χ4n) is 2.55. The number of carbonyl (C=O) groups is 1. The third kappa shape index (κ3) is 3.42. The van der Waals surface area contributed by atoms with Gasteiger partial charge in [-0.2, -0.15) is 13.7 Å². The van der Waals surface area contributed by atoms with Gasteiger partial charge in [0.2, 0.25) is 5.91 Å². The van der Waals surface area contributed by atoms with Crippen LogP contribution in [0.15, 0.2) is 29.2 Å². The van der Waals surface area contributed by atoms with Gasteiger partial charge in [-0.3, -0.25) is 9.35 Å². The van der Waals surface area contributed by atoms with Crippen LogP contribution in [-0.2, 0) is 14.9 Å². The Morgan fingerprint density at radius 3 is 2.33 bits per heavy atom. The van der Waals surface area contributed by atoms with E-state index in [-0.39, 0.29) is 27.0 Å². The molecular formula is C15H19N3O4S2. The van der Waals surface area contributed by atoms with E-state index in [4.69, 9.17) is 15.5 Å². The molecule has 1 aromatic rings. The molecule has 24 heavy (non-hydrogen) atoms. The summed E-state index contributed by atoms with van der Waals surface area (Å²) in [5.74, 6) is -0.0883. The number of nitrogens with zero attached hydrogens (tertiary/aromatic N) is 2. The minimum atomic E-state index is -4.02. The van der Waals surface area contributed by atoms with Gasteiger partial charge in [-0.1, -0.05) is 17.7 Å². The second-order valence-corrected chi connectivity index (χ2v) is 9.40. The molecule has 2 unspecified atom stereocenters. The highest BCUT2D eigenvalue weighted by atomic mass is 32.2. The van der Waals surface area contributed by atoms with Crippen LogP contribution in [0.5, 0.6) is 0 Å². The summed E-state index contributed by atoms with van der Waals surface area (Å²) in [4.78, 5) is 12.9. The highest BCUT2D eigenvalue weighted by molar-refractivity contribution is 8.01. The molecule has 0 radical (unpaired) electrons. The first kappa shape index (κ1) is 18.7. The van der Waals surface area contributed by atoms with Crippen LogP contribution in [0.4, 0.5) is 0 Å². The zero-order chi connectivity index (χ0) is 18.3. The lowest BCUT2D eigenvalue weighted by Crippen LogP contribution is -2.67. The first-order valence-corrected chi connectivity index (χ1v) is 9.50. The van der Waals surface area contributed by atoms with Gasteiger partial charge in [0.15, 0.2) is 0 Å². The summed E-state index contributed by atoms with van der Waals surface area (Å²) in [6.07, 6.45) is 0. The molecule has 0 spiro atoms. The van der Waals surface area contributed by atoms with Crippen LogP contribution in [0.1, 0.15) is 19.4 Å². The van der Waals surface area contributed by atoms with Crippen molar-refractivity contribution in [3.8, 4) is 6.07 Å². The Bertz CT molecular complexity index is 784. The number of rotatable bonds is 1. The maximum absolute atomic E-state index is 11.3. The number of nitrogens with two attached hydrogens (primary N) is 1. The summed E-state index contributed by atoms with van der Waals surface area (Å²) >= 11 is 1.62. The predicted molar refractivity (Wildman–Crippen MR) is 90.7 cm³/mol. The van der Waals surface area contributed by atoms with E-state index in [1.165, 1.54) is 12.1 Å². The number of hydrogen-bond acceptors (Lipinski definition) is 6. The summed E-state index contributed by atoms with van der Waals surface area (Å²) in [6, 6.07) is 7.43. The Hall–Kier alpha value is -1.60. The van der Waals surface area contributed by atoms with Crippen molar-refractivity contribution < 1.29 is 17.8 Å². The maximum Gasteiger partial charge on any atom is 0.294 e. The van der Waals surface area contributed by atoms with E-state index in [0.29, 0.717) is 0 Å². The van der Waals surface area contributed by atoms with Gasteiger partial charge in [0, 0.05) is 4.75 Å². The molecule has 130 valence electrons. The monoisotopic (exact) mass is 369 g/mol. The minimum Gasteiger partial charge on any atom is -0.317 e. The second-order valence-electron chi connectivity index (χ2n) is 6.20. The number of carbonyl (C=O) groups excluding carboxylic acids is 1. The molecule has 0 aromatic heterocycles. The summed E-state index contributed by atoms with van der Waals surface area (Å²) in [5.41, 5.74) is 6.58. The molecule has 2 fully saturated rings. The van der Waals surface area contributed by atoms with E-state index < -0.39 is 16.2 Å². The quantitative estimate of drug-likeness (QED) is 0.562. The molecule has 1 amide bonds. The molecule has 0 bridgehead atoms. The molecular weight excluding hydrogens is 350 g/mol. The lowest BCUT2D eigenvalue weighted by molar-refractivity contribution is -0.145. The van der Waals surface area contributed by atoms with E-state index in [2.05, 4.69) is 6.07 Å². The minimum absolute atomic E-state index is 0.0205. The lowest BCUT2D eigenvalue weighted by atomic mass is 9.98. The van der Waals surface area contributed by atoms with Crippen molar-refractivity contribution in [3.63, 3.8) is 0 Å². The van der Waals surface area contributed by atoms with Crippen molar-refractivity contribution in [2.75, 3.05) is 0 Å². The number of β-lactam (4-membered cyclic amide) rings is 1. The van der Waals surface area contributed by atoms with Crippen LogP contribution in [-0.4, -0.2) is 46.0 Å². The van der Waals surface area contributed by atoms with E-state index >= 15 is 0 Å². The Kier molecular flexibility index (Phi) is 4.97. The summed E-state index contributed by atoms with van der Waals surface area (Å²) < 4.78 is 29.4. The van der Waals surface area contributed by atoms with E-state index in [9.17, 15) is 13.2 Å². The van der Waals surface area contributed by atoms with Gasteiger partial charge in [0.05, 0.1) is 11.0 Å². The van der Waals surface area contributed by atoms with E-state index in [1.807, 2.05) is 20.8 Å². The zero-order valence-electron chi connectivity index (χ0n) is 13.5. The largest absolute Gasteiger partial charge is 0.317 e. The van der Waals surface area contributed by atoms with Gasteiger partial charge >= 0.3 is 0 Å². The standard InChI is InChI=1S/C8H11N3OS.C7H8O3S/c1-8(2)4(3-9)11-6(12)5(10)7(11)13-8;1-6-2-4-7(5-3-6)11(8,9)10/h4-5,7H,10H2,1-2H3;2-5H,1H3,(H,8,9,10)/t4?,5?,7-;/m1./s1. The van der Waals surface area contributed by atoms with Crippen LogP contribution < -0.4 is 5.73 Å². The van der Waals surface area contributed by atoms with Crippen molar-refractivity contribution in [3.05, 3.63) is 29.8 Å². The van der Waals surface area contributed by atoms with Crippen molar-refractivity contribution in [1.82, 2.24) is 4.90 Å². The number of benzene rings is 1. The smallest absolute Gasteiger partial charge is 0.294 e. The highest BCUT2D eigenvalue weighted by Crippen LogP contribution is 2.49. The van der Waals surface area contributed by atoms with Crippen molar-refractivity contribution in [1.29, 1.82) is 5.26 Å². The average Bonchev–Trinajstić information content (AvgIpc) is 2.75. The number of nitriles is 1. The Balaban J connectivity index is 0.000000177. The lowest BCUT2D eigenvalue weighted by Gasteiger charge is -2.40. The molecule has 0 saturated carbocycles. The predicted octanol–water partition coefficient (Wildman–Crippen LogP) is 1.14. The number of fused-ring (bicyclic) bond motifs is 1. The van der Waals surface area contributed by atoms with Gasteiger partial charge < -0.3 is 10.6 Å². The number of amides is 1. The third-order valence-corrected chi connectivity index (χ3v) is 6.38. The Labute approximate surface area is 145 Å². The van der Waals surface area contributed by atoms with Crippen molar-refractivity contribution >= 4 is 27.8 Å². The zero-order valence-corrected chi connectivity index (χ0v) is 15.1. The van der Waals surface area contributed by atoms with Gasteiger partial charge in [0.25, 0.3) is 10.1 Å². The summed E-state index contributed by atoms with van der Waals surface area (Å²) in [5, 5.41) is 8.95. The van der Waals surface area contributed by atoms with Crippen LogP contribution in [0.3, 0.4) is 0 Å². The van der Waals surface area contributed by atoms with Gasteiger partial charge in [-0.15, -0.1) is 11.8 Å². The van der Waals surface area contributed by atoms with E-state index in [1.54, 1.807) is 28.8 Å². The molecule has 7 nitrogen and oxygen atoms in total. The van der Waals surface area contributed by atoms with Gasteiger partial charge in [-0.25, -0.2) is 0 Å². The molecule has 2 heterocycles. The SMILES string of the molecule is CC1(C)S[C@@H]2C(N)C(=O)N2C1C#N.Cc1ccc(S(=O)(=O)O)cc1. The van der Waals surface area contributed by atoms with Crippen LogP contribution >= 0.6 is 11.8 Å². The highest BCUT2D eigenvalue weighted by Gasteiger charge is 2.60. The second kappa shape index (κ2) is 6.37. The Morgan fingerprint density at radius 2 is 1.88 bits per heavy atom. The van der Waals surface area contributed by atoms with Crippen molar-refractivity contribution in [2.24, 2.45) is 5.73 Å². The third-order valence-electron chi connectivity index (χ3n) is 3.92. The van der Waals surface area contributed by atoms with E-state index in [0.717, 1.165) is 5.56 Å². The van der Waals surface area contributed by atoms with Crippen LogP contribution in [0.25, 0.3) is 0 Å². The number of aryl methyl sites for hydroxylation is 1. The molecule has 3 N–H and O–H groups in total. The molecule has 9 heteroatoms. The number of thioether (sulfide) groups is 1. The summed E-state index contributed by atoms with van der Waals surface area (Å²) in [6.45, 7) is 5.79. The molecule has 1 aromatic carbocycles. The van der Waals surface area contributed by atoms with Gasteiger partial charge in [-0.05, 0) is 32.9 Å². The normalized spacial score (nSPS) is 27.4. The maximum atomic E-state index is 11.3. The van der Waals surface area contributed by atoms with Crippen LogP contribution in [0.2, 0.25) is 0 Å². The Morgan fingerprint density at radius 1 is 1.33 bits per heavy atom. The average molecular weight is 369 g/mol. The van der Waals surface area contributed by atoms with Crippen molar-refractivity contribution in [2.45, 2.75) is 47.9 Å². The fraction of sp³-hybridized carbons (Fsp3) is 0.467. The topological polar surface area (TPSA) is 124 Å². The first-order chi connectivity index (χ1) is 11.0. The molecule has 2 aliphatic heterocycles. The molecule has 3 rings (SSSR count). The first-order valence-electron chi connectivity index (χ1n) is 7.18.